The average Bonchev–Trinajstić information content (AvgIpc) is 3.37. The molecule has 0 spiro atoms. The van der Waals surface area contributed by atoms with Crippen molar-refractivity contribution in [2.24, 2.45) is 0 Å². The standard InChI is InChI=1S/C16H20N6O2/c1-21(2)13-7-3-11(4-8-13)9-17-16-18-10-14(22(23)24)15(20-16)19-12-5-6-12/h3-4,7-8,10,12H,5-6,9H2,1-2H3,(H2,17,18,19,20). The van der Waals surface area contributed by atoms with Gasteiger partial charge < -0.3 is 15.5 Å². The molecule has 0 atom stereocenters. The molecule has 1 aliphatic rings. The van der Waals surface area contributed by atoms with Crippen LogP contribution in [0, 0.1) is 10.1 Å². The van der Waals surface area contributed by atoms with Crippen LogP contribution in [0.4, 0.5) is 23.1 Å². The molecule has 0 amide bonds. The molecule has 126 valence electrons. The summed E-state index contributed by atoms with van der Waals surface area (Å²) in [6.07, 6.45) is 3.28. The molecule has 0 unspecified atom stereocenters. The van der Waals surface area contributed by atoms with E-state index in [2.05, 4.69) is 20.6 Å². The minimum atomic E-state index is -0.464. The lowest BCUT2D eigenvalue weighted by molar-refractivity contribution is -0.384. The number of nitrogens with one attached hydrogen (secondary N) is 2. The number of hydrogen-bond donors (Lipinski definition) is 2. The number of anilines is 3. The minimum absolute atomic E-state index is 0.0946. The second-order valence-electron chi connectivity index (χ2n) is 6.02. The third kappa shape index (κ3) is 3.89. The van der Waals surface area contributed by atoms with E-state index in [9.17, 15) is 10.1 Å². The highest BCUT2D eigenvalue weighted by molar-refractivity contribution is 5.58. The number of nitro groups is 1. The fourth-order valence-electron chi connectivity index (χ4n) is 2.21. The van der Waals surface area contributed by atoms with Crippen molar-refractivity contribution in [3.63, 3.8) is 0 Å². The van der Waals surface area contributed by atoms with Crippen LogP contribution in [0.25, 0.3) is 0 Å². The fourth-order valence-corrected chi connectivity index (χ4v) is 2.21. The van der Waals surface area contributed by atoms with Crippen molar-refractivity contribution < 1.29 is 4.92 Å². The molecule has 0 saturated heterocycles. The van der Waals surface area contributed by atoms with Gasteiger partial charge in [0.1, 0.15) is 6.20 Å². The Balaban J connectivity index is 1.69. The van der Waals surface area contributed by atoms with Crippen molar-refractivity contribution in [3.05, 3.63) is 46.1 Å². The van der Waals surface area contributed by atoms with Gasteiger partial charge in [0.15, 0.2) is 0 Å². The summed E-state index contributed by atoms with van der Waals surface area (Å²) in [5.41, 5.74) is 2.11. The fraction of sp³-hybridized carbons (Fsp3) is 0.375. The zero-order valence-electron chi connectivity index (χ0n) is 13.7. The zero-order chi connectivity index (χ0) is 17.1. The van der Waals surface area contributed by atoms with Gasteiger partial charge in [-0.2, -0.15) is 4.98 Å². The van der Waals surface area contributed by atoms with Gasteiger partial charge in [0.05, 0.1) is 4.92 Å². The van der Waals surface area contributed by atoms with Gasteiger partial charge in [0.2, 0.25) is 11.8 Å². The van der Waals surface area contributed by atoms with Crippen LogP contribution in [-0.2, 0) is 6.54 Å². The predicted molar refractivity (Wildman–Crippen MR) is 93.4 cm³/mol. The maximum absolute atomic E-state index is 11.1. The number of nitrogens with zero attached hydrogens (tertiary/aromatic N) is 4. The molecule has 1 fully saturated rings. The molecule has 1 saturated carbocycles. The van der Waals surface area contributed by atoms with Gasteiger partial charge in [-0.15, -0.1) is 0 Å². The summed E-state index contributed by atoms with van der Waals surface area (Å²) in [5, 5.41) is 17.3. The van der Waals surface area contributed by atoms with Gasteiger partial charge >= 0.3 is 5.69 Å². The van der Waals surface area contributed by atoms with E-state index >= 15 is 0 Å². The van der Waals surface area contributed by atoms with Gasteiger partial charge in [-0.3, -0.25) is 10.1 Å². The van der Waals surface area contributed by atoms with Crippen LogP contribution in [0.15, 0.2) is 30.5 Å². The van der Waals surface area contributed by atoms with E-state index < -0.39 is 4.92 Å². The van der Waals surface area contributed by atoms with Crippen molar-refractivity contribution in [2.75, 3.05) is 29.6 Å². The Bertz CT molecular complexity index is 728. The summed E-state index contributed by atoms with van der Waals surface area (Å²) in [7, 11) is 3.98. The lowest BCUT2D eigenvalue weighted by Crippen LogP contribution is -2.11. The Kier molecular flexibility index (Phi) is 4.45. The highest BCUT2D eigenvalue weighted by Gasteiger charge is 2.26. The van der Waals surface area contributed by atoms with Gasteiger partial charge in [-0.25, -0.2) is 4.98 Å². The van der Waals surface area contributed by atoms with Crippen LogP contribution in [0.5, 0.6) is 0 Å². The van der Waals surface area contributed by atoms with Crippen LogP contribution in [-0.4, -0.2) is 35.0 Å². The number of benzene rings is 1. The Hall–Kier alpha value is -2.90. The normalized spacial score (nSPS) is 13.4. The maximum Gasteiger partial charge on any atom is 0.329 e. The second-order valence-corrected chi connectivity index (χ2v) is 6.02. The minimum Gasteiger partial charge on any atom is -0.378 e. The average molecular weight is 328 g/mol. The third-order valence-electron chi connectivity index (χ3n) is 3.79. The van der Waals surface area contributed by atoms with E-state index in [4.69, 9.17) is 0 Å². The number of aromatic nitrogens is 2. The van der Waals surface area contributed by atoms with Gasteiger partial charge in [-0.1, -0.05) is 12.1 Å². The van der Waals surface area contributed by atoms with E-state index in [1.807, 2.05) is 43.3 Å². The van der Waals surface area contributed by atoms with E-state index in [0.29, 0.717) is 12.5 Å². The molecule has 2 aromatic rings. The van der Waals surface area contributed by atoms with E-state index in [0.717, 1.165) is 24.1 Å². The molecular formula is C16H20N6O2. The summed E-state index contributed by atoms with van der Waals surface area (Å²) in [5.74, 6) is 0.656. The first-order valence-electron chi connectivity index (χ1n) is 7.81. The molecular weight excluding hydrogens is 308 g/mol. The van der Waals surface area contributed by atoms with Crippen molar-refractivity contribution in [1.29, 1.82) is 0 Å². The smallest absolute Gasteiger partial charge is 0.329 e. The molecule has 0 bridgehead atoms. The molecule has 24 heavy (non-hydrogen) atoms. The second kappa shape index (κ2) is 6.69. The third-order valence-corrected chi connectivity index (χ3v) is 3.79. The number of hydrogen-bond acceptors (Lipinski definition) is 7. The molecule has 8 heteroatoms. The van der Waals surface area contributed by atoms with Crippen LogP contribution >= 0.6 is 0 Å². The first-order chi connectivity index (χ1) is 11.5. The summed E-state index contributed by atoms with van der Waals surface area (Å²) < 4.78 is 0. The molecule has 2 N–H and O–H groups in total. The van der Waals surface area contributed by atoms with Crippen LogP contribution in [0.3, 0.4) is 0 Å². The van der Waals surface area contributed by atoms with Crippen molar-refractivity contribution in [1.82, 2.24) is 9.97 Å². The molecule has 0 radical (unpaired) electrons. The van der Waals surface area contributed by atoms with Crippen molar-refractivity contribution in [3.8, 4) is 0 Å². The summed E-state index contributed by atoms with van der Waals surface area (Å²) in [4.78, 5) is 20.9. The lowest BCUT2D eigenvalue weighted by Gasteiger charge is -2.13. The zero-order valence-corrected chi connectivity index (χ0v) is 13.7. The van der Waals surface area contributed by atoms with Gasteiger partial charge in [0, 0.05) is 32.4 Å². The van der Waals surface area contributed by atoms with Crippen molar-refractivity contribution in [2.45, 2.75) is 25.4 Å². The molecule has 8 nitrogen and oxygen atoms in total. The summed E-state index contributed by atoms with van der Waals surface area (Å²) >= 11 is 0. The molecule has 0 aliphatic heterocycles. The van der Waals surface area contributed by atoms with Gasteiger partial charge in [-0.05, 0) is 30.5 Å². The molecule has 1 aromatic heterocycles. The summed E-state index contributed by atoms with van der Waals surface area (Å²) in [6, 6.07) is 8.40. The van der Waals surface area contributed by atoms with E-state index in [-0.39, 0.29) is 17.5 Å². The van der Waals surface area contributed by atoms with Crippen LogP contribution in [0.2, 0.25) is 0 Å². The monoisotopic (exact) mass is 328 g/mol. The van der Waals surface area contributed by atoms with E-state index in [1.54, 1.807) is 0 Å². The number of rotatable bonds is 7. The first kappa shape index (κ1) is 16.0. The Morgan fingerprint density at radius 2 is 2.00 bits per heavy atom. The molecule has 1 heterocycles. The Morgan fingerprint density at radius 1 is 1.29 bits per heavy atom. The molecule has 1 aliphatic carbocycles. The summed E-state index contributed by atoms with van der Waals surface area (Å²) in [6.45, 7) is 0.550. The molecule has 3 rings (SSSR count). The van der Waals surface area contributed by atoms with Crippen LogP contribution in [0.1, 0.15) is 18.4 Å². The quantitative estimate of drug-likeness (QED) is 0.595. The highest BCUT2D eigenvalue weighted by atomic mass is 16.6. The largest absolute Gasteiger partial charge is 0.378 e. The van der Waals surface area contributed by atoms with Gasteiger partial charge in [0.25, 0.3) is 0 Å². The predicted octanol–water partition coefficient (Wildman–Crippen LogP) is 2.64. The van der Waals surface area contributed by atoms with Crippen LogP contribution < -0.4 is 15.5 Å². The van der Waals surface area contributed by atoms with Crippen molar-refractivity contribution >= 4 is 23.1 Å². The highest BCUT2D eigenvalue weighted by Crippen LogP contribution is 2.29. The maximum atomic E-state index is 11.1. The lowest BCUT2D eigenvalue weighted by atomic mass is 10.2. The van der Waals surface area contributed by atoms with E-state index in [1.165, 1.54) is 6.20 Å². The molecule has 1 aromatic carbocycles. The topological polar surface area (TPSA) is 96.2 Å². The Labute approximate surface area is 140 Å². The SMILES string of the molecule is CN(C)c1ccc(CNc2ncc([N+](=O)[O-])c(NC3CC3)n2)cc1. The Morgan fingerprint density at radius 3 is 2.58 bits per heavy atom. The first-order valence-corrected chi connectivity index (χ1v) is 7.81.